The van der Waals surface area contributed by atoms with Crippen molar-refractivity contribution >= 4 is 34.6 Å². The molecule has 0 unspecified atom stereocenters. The minimum atomic E-state index is -0.0919. The highest BCUT2D eigenvalue weighted by atomic mass is 16.1. The number of aromatic nitrogens is 2. The summed E-state index contributed by atoms with van der Waals surface area (Å²) in [6.07, 6.45) is 0. The average molecular weight is 383 g/mol. The van der Waals surface area contributed by atoms with Crippen LogP contribution < -0.4 is 16.0 Å². The lowest BCUT2D eigenvalue weighted by molar-refractivity contribution is -0.114. The van der Waals surface area contributed by atoms with Crippen molar-refractivity contribution in [3.05, 3.63) is 84.9 Å². The molecule has 0 aliphatic rings. The van der Waals surface area contributed by atoms with Gasteiger partial charge in [-0.05, 0) is 35.9 Å². The molecular formula is C23H21N5O. The van der Waals surface area contributed by atoms with Crippen LogP contribution in [0.4, 0.5) is 28.7 Å². The lowest BCUT2D eigenvalue weighted by atomic mass is 10.0. The van der Waals surface area contributed by atoms with Crippen LogP contribution in [0, 0.1) is 0 Å². The molecule has 0 bridgehead atoms. The topological polar surface area (TPSA) is 81.8 Å². The maximum atomic E-state index is 11.1. The first-order valence-corrected chi connectivity index (χ1v) is 9.29. The van der Waals surface area contributed by atoms with E-state index in [2.05, 4.69) is 44.3 Å². The second-order valence-electron chi connectivity index (χ2n) is 6.59. The molecule has 29 heavy (non-hydrogen) atoms. The van der Waals surface area contributed by atoms with Gasteiger partial charge in [-0.15, -0.1) is 0 Å². The number of hydrogen-bond acceptors (Lipinski definition) is 4. The first kappa shape index (κ1) is 18.3. The van der Waals surface area contributed by atoms with E-state index in [0.29, 0.717) is 5.82 Å². The summed E-state index contributed by atoms with van der Waals surface area (Å²) in [7, 11) is 0. The first-order valence-electron chi connectivity index (χ1n) is 9.29. The molecule has 144 valence electrons. The van der Waals surface area contributed by atoms with Crippen molar-refractivity contribution in [3.8, 4) is 11.1 Å². The summed E-state index contributed by atoms with van der Waals surface area (Å²) in [5, 5.41) is 16.7. The molecule has 1 aromatic heterocycles. The number of nitrogens with one attached hydrogen (secondary N) is 4. The van der Waals surface area contributed by atoms with Crippen LogP contribution >= 0.6 is 0 Å². The summed E-state index contributed by atoms with van der Waals surface area (Å²) in [5.74, 6) is 1.38. The van der Waals surface area contributed by atoms with Gasteiger partial charge in [0.1, 0.15) is 5.82 Å². The Bertz CT molecular complexity index is 1100. The van der Waals surface area contributed by atoms with Crippen LogP contribution in [-0.2, 0) is 4.79 Å². The third-order valence-corrected chi connectivity index (χ3v) is 4.34. The van der Waals surface area contributed by atoms with E-state index in [4.69, 9.17) is 0 Å². The van der Waals surface area contributed by atoms with Crippen molar-refractivity contribution in [2.45, 2.75) is 6.92 Å². The molecule has 3 aromatic carbocycles. The Hall–Kier alpha value is -4.06. The van der Waals surface area contributed by atoms with Gasteiger partial charge < -0.3 is 16.0 Å². The highest BCUT2D eigenvalue weighted by Crippen LogP contribution is 2.30. The standard InChI is InChI=1S/C23H21N5O/c1-16(29)24-18-11-13-19(14-12-18)25-22-15-23(28-27-22)26-21-10-6-5-9-20(21)17-7-3-2-4-8-17/h2-15H,1H3,(H,24,29)(H3,25,26,27,28). The van der Waals surface area contributed by atoms with Crippen molar-refractivity contribution in [1.82, 2.24) is 10.2 Å². The minimum Gasteiger partial charge on any atom is -0.341 e. The Kier molecular flexibility index (Phi) is 5.25. The van der Waals surface area contributed by atoms with Crippen LogP contribution in [0.3, 0.4) is 0 Å². The molecule has 0 fully saturated rings. The smallest absolute Gasteiger partial charge is 0.221 e. The summed E-state index contributed by atoms with van der Waals surface area (Å²) in [6, 6.07) is 27.7. The van der Waals surface area contributed by atoms with Crippen LogP contribution in [0.15, 0.2) is 84.9 Å². The van der Waals surface area contributed by atoms with Gasteiger partial charge in [-0.3, -0.25) is 9.89 Å². The molecule has 4 rings (SSSR count). The molecule has 4 aromatic rings. The highest BCUT2D eigenvalue weighted by molar-refractivity contribution is 5.89. The van der Waals surface area contributed by atoms with E-state index in [-0.39, 0.29) is 5.91 Å². The van der Waals surface area contributed by atoms with Crippen molar-refractivity contribution < 1.29 is 4.79 Å². The molecule has 0 atom stereocenters. The lowest BCUT2D eigenvalue weighted by Gasteiger charge is -2.10. The molecule has 6 heteroatoms. The number of carbonyl (C=O) groups excluding carboxylic acids is 1. The van der Waals surface area contributed by atoms with Gasteiger partial charge in [0.25, 0.3) is 0 Å². The van der Waals surface area contributed by atoms with E-state index in [0.717, 1.165) is 34.0 Å². The highest BCUT2D eigenvalue weighted by Gasteiger charge is 2.07. The van der Waals surface area contributed by atoms with Crippen LogP contribution in [-0.4, -0.2) is 16.1 Å². The SMILES string of the molecule is CC(=O)Nc1ccc(Nc2cc(Nc3ccccc3-c3ccccc3)n[nH]2)cc1. The quantitative estimate of drug-likeness (QED) is 0.353. The summed E-state index contributed by atoms with van der Waals surface area (Å²) >= 11 is 0. The number of rotatable bonds is 6. The molecule has 0 radical (unpaired) electrons. The summed E-state index contributed by atoms with van der Waals surface area (Å²) < 4.78 is 0. The van der Waals surface area contributed by atoms with Crippen LogP contribution in [0.25, 0.3) is 11.1 Å². The van der Waals surface area contributed by atoms with Crippen molar-refractivity contribution in [2.75, 3.05) is 16.0 Å². The van der Waals surface area contributed by atoms with Gasteiger partial charge in [-0.25, -0.2) is 0 Å². The molecule has 0 spiro atoms. The van der Waals surface area contributed by atoms with Gasteiger partial charge in [-0.1, -0.05) is 48.5 Å². The predicted octanol–water partition coefficient (Wildman–Crippen LogP) is 5.52. The molecule has 1 amide bonds. The Balaban J connectivity index is 1.47. The molecule has 0 aliphatic heterocycles. The molecule has 0 saturated carbocycles. The second-order valence-corrected chi connectivity index (χ2v) is 6.59. The minimum absolute atomic E-state index is 0.0919. The number of nitrogens with zero attached hydrogens (tertiary/aromatic N) is 1. The van der Waals surface area contributed by atoms with Gasteiger partial charge in [0.15, 0.2) is 5.82 Å². The van der Waals surface area contributed by atoms with Crippen molar-refractivity contribution in [1.29, 1.82) is 0 Å². The fourth-order valence-corrected chi connectivity index (χ4v) is 3.04. The van der Waals surface area contributed by atoms with Gasteiger partial charge in [0, 0.05) is 35.6 Å². The van der Waals surface area contributed by atoms with E-state index >= 15 is 0 Å². The lowest BCUT2D eigenvalue weighted by Crippen LogP contribution is -2.05. The van der Waals surface area contributed by atoms with Crippen molar-refractivity contribution in [3.63, 3.8) is 0 Å². The maximum absolute atomic E-state index is 11.1. The molecule has 0 aliphatic carbocycles. The van der Waals surface area contributed by atoms with Gasteiger partial charge in [0.2, 0.25) is 5.91 Å². The number of benzene rings is 3. The third-order valence-electron chi connectivity index (χ3n) is 4.34. The van der Waals surface area contributed by atoms with E-state index in [1.807, 2.05) is 66.7 Å². The first-order chi connectivity index (χ1) is 14.2. The molecule has 4 N–H and O–H groups in total. The fraction of sp³-hybridized carbons (Fsp3) is 0.0435. The fourth-order valence-electron chi connectivity index (χ4n) is 3.04. The third kappa shape index (κ3) is 4.62. The number of anilines is 5. The van der Waals surface area contributed by atoms with E-state index in [1.165, 1.54) is 6.92 Å². The average Bonchev–Trinajstić information content (AvgIpc) is 3.17. The second kappa shape index (κ2) is 8.31. The zero-order chi connectivity index (χ0) is 20.1. The zero-order valence-electron chi connectivity index (χ0n) is 15.9. The summed E-state index contributed by atoms with van der Waals surface area (Å²) in [5.41, 5.74) is 4.88. The van der Waals surface area contributed by atoms with Crippen molar-refractivity contribution in [2.24, 2.45) is 0 Å². The Morgan fingerprint density at radius 2 is 1.52 bits per heavy atom. The van der Waals surface area contributed by atoms with Crippen LogP contribution in [0.2, 0.25) is 0 Å². The molecule has 6 nitrogen and oxygen atoms in total. The van der Waals surface area contributed by atoms with Gasteiger partial charge in [-0.2, -0.15) is 5.10 Å². The Morgan fingerprint density at radius 1 is 0.828 bits per heavy atom. The van der Waals surface area contributed by atoms with E-state index in [9.17, 15) is 4.79 Å². The Morgan fingerprint density at radius 3 is 2.28 bits per heavy atom. The number of aromatic amines is 1. The Labute approximate surface area is 169 Å². The van der Waals surface area contributed by atoms with Gasteiger partial charge in [0.05, 0.1) is 0 Å². The molecular weight excluding hydrogens is 362 g/mol. The number of carbonyl (C=O) groups is 1. The number of hydrogen-bond donors (Lipinski definition) is 4. The maximum Gasteiger partial charge on any atom is 0.221 e. The summed E-state index contributed by atoms with van der Waals surface area (Å²) in [6.45, 7) is 1.49. The molecule has 1 heterocycles. The number of para-hydroxylation sites is 1. The van der Waals surface area contributed by atoms with E-state index < -0.39 is 0 Å². The van der Waals surface area contributed by atoms with Crippen LogP contribution in [0.1, 0.15) is 6.92 Å². The van der Waals surface area contributed by atoms with Crippen LogP contribution in [0.5, 0.6) is 0 Å². The predicted molar refractivity (Wildman–Crippen MR) is 118 cm³/mol. The number of amides is 1. The monoisotopic (exact) mass is 383 g/mol. The zero-order valence-corrected chi connectivity index (χ0v) is 15.9. The van der Waals surface area contributed by atoms with E-state index in [1.54, 1.807) is 0 Å². The summed E-state index contributed by atoms with van der Waals surface area (Å²) in [4.78, 5) is 11.1. The number of H-pyrrole nitrogens is 1. The molecule has 0 saturated heterocycles. The largest absolute Gasteiger partial charge is 0.341 e. The van der Waals surface area contributed by atoms with Gasteiger partial charge >= 0.3 is 0 Å². The normalized spacial score (nSPS) is 10.4.